The molecule has 4 N–H and O–H groups in total. The number of hydrogen-bond acceptors (Lipinski definition) is 7. The minimum atomic E-state index is -0.761. The van der Waals surface area contributed by atoms with Gasteiger partial charge >= 0.3 is 0 Å². The summed E-state index contributed by atoms with van der Waals surface area (Å²) in [5.74, 6) is -1.40. The van der Waals surface area contributed by atoms with Gasteiger partial charge in [0, 0.05) is 24.0 Å². The number of anilines is 2. The van der Waals surface area contributed by atoms with E-state index in [0.717, 1.165) is 6.07 Å². The molecule has 34 heavy (non-hydrogen) atoms. The van der Waals surface area contributed by atoms with Crippen molar-refractivity contribution < 1.29 is 19.0 Å². The Morgan fingerprint density at radius 1 is 1.21 bits per heavy atom. The Morgan fingerprint density at radius 2 is 1.97 bits per heavy atom. The summed E-state index contributed by atoms with van der Waals surface area (Å²) in [6.07, 6.45) is 1.78. The lowest BCUT2D eigenvalue weighted by atomic mass is 10.2. The average Bonchev–Trinajstić information content (AvgIpc) is 3.11. The maximum Gasteiger partial charge on any atom is 0.284 e. The maximum atomic E-state index is 14.6. The van der Waals surface area contributed by atoms with Crippen molar-refractivity contribution in [2.75, 3.05) is 11.1 Å². The second kappa shape index (κ2) is 9.55. The number of nitrogens with zero attached hydrogens (tertiary/aromatic N) is 4. The zero-order valence-corrected chi connectivity index (χ0v) is 18.1. The number of para-hydroxylation sites is 1. The number of amides is 1. The van der Waals surface area contributed by atoms with Gasteiger partial charge in [-0.15, -0.1) is 0 Å². The van der Waals surface area contributed by atoms with E-state index in [1.165, 1.54) is 40.1 Å². The molecule has 4 rings (SSSR count). The number of nitrogens with one attached hydrogen (secondary N) is 1. The summed E-state index contributed by atoms with van der Waals surface area (Å²) in [6, 6.07) is 13.8. The highest BCUT2D eigenvalue weighted by Crippen LogP contribution is 2.26. The number of aliphatic hydroxyl groups is 1. The molecule has 0 aliphatic heterocycles. The fraction of sp³-hybridized carbons (Fsp3) is 0.130. The third-order valence-corrected chi connectivity index (χ3v) is 4.72. The Bertz CT molecular complexity index is 1380. The molecule has 0 spiro atoms. The molecule has 0 fully saturated rings. The molecule has 0 unspecified atom stereocenters. The summed E-state index contributed by atoms with van der Waals surface area (Å²) in [4.78, 5) is 33.5. The third-order valence-electron chi connectivity index (χ3n) is 4.72. The Labute approximate surface area is 193 Å². The number of carbonyl (C=O) groups excluding carboxylic acids is 1. The quantitative estimate of drug-likeness (QED) is 0.382. The van der Waals surface area contributed by atoms with E-state index in [1.54, 1.807) is 37.3 Å². The first-order valence-electron chi connectivity index (χ1n) is 10.2. The fourth-order valence-corrected chi connectivity index (χ4v) is 3.27. The summed E-state index contributed by atoms with van der Waals surface area (Å²) in [5.41, 5.74) is 5.46. The molecule has 0 bridgehead atoms. The van der Waals surface area contributed by atoms with Crippen LogP contribution in [0.1, 0.15) is 17.3 Å². The summed E-state index contributed by atoms with van der Waals surface area (Å²) in [5, 5.41) is 12.3. The number of halogens is 1. The van der Waals surface area contributed by atoms with Crippen LogP contribution in [-0.2, 0) is 6.54 Å². The third kappa shape index (κ3) is 4.94. The average molecular weight is 464 g/mol. The lowest BCUT2D eigenvalue weighted by Gasteiger charge is -2.12. The van der Waals surface area contributed by atoms with E-state index in [2.05, 4.69) is 15.3 Å². The Hall–Kier alpha value is -4.51. The Morgan fingerprint density at radius 3 is 2.65 bits per heavy atom. The monoisotopic (exact) mass is 464 g/mol. The summed E-state index contributed by atoms with van der Waals surface area (Å²) in [6.45, 7) is 1.66. The summed E-state index contributed by atoms with van der Waals surface area (Å²) < 4.78 is 22.7. The molecule has 2 aromatic carbocycles. The molecular formula is C23H21FN6O4. The van der Waals surface area contributed by atoms with E-state index in [0.29, 0.717) is 5.69 Å². The summed E-state index contributed by atoms with van der Waals surface area (Å²) >= 11 is 0. The molecule has 0 aliphatic rings. The molecule has 1 atom stereocenters. The van der Waals surface area contributed by atoms with Crippen LogP contribution in [0.25, 0.3) is 5.69 Å². The van der Waals surface area contributed by atoms with Gasteiger partial charge in [-0.25, -0.2) is 19.0 Å². The lowest BCUT2D eigenvalue weighted by Crippen LogP contribution is -2.27. The zero-order valence-electron chi connectivity index (χ0n) is 18.1. The van der Waals surface area contributed by atoms with Crippen molar-refractivity contribution in [2.24, 2.45) is 0 Å². The minimum Gasteiger partial charge on any atom is -0.436 e. The van der Waals surface area contributed by atoms with Crippen LogP contribution < -0.4 is 21.3 Å². The highest BCUT2D eigenvalue weighted by atomic mass is 19.1. The normalized spacial score (nSPS) is 11.7. The summed E-state index contributed by atoms with van der Waals surface area (Å²) in [7, 11) is 0. The van der Waals surface area contributed by atoms with Gasteiger partial charge in [0.25, 0.3) is 11.5 Å². The smallest absolute Gasteiger partial charge is 0.284 e. The van der Waals surface area contributed by atoms with Gasteiger partial charge in [-0.05, 0) is 31.2 Å². The molecule has 0 saturated carbocycles. The van der Waals surface area contributed by atoms with Crippen molar-refractivity contribution in [3.05, 3.63) is 88.9 Å². The SMILES string of the molecule is C[C@@H](O)Cn1cc(C(=O)Nc2ccc(Oc3cc(N)ncn3)c(F)c2)c(=O)n1-c1ccccc1. The predicted octanol–water partition coefficient (Wildman–Crippen LogP) is 2.58. The lowest BCUT2D eigenvalue weighted by molar-refractivity contribution is 0.102. The molecule has 174 valence electrons. The van der Waals surface area contributed by atoms with Gasteiger partial charge in [0.2, 0.25) is 5.88 Å². The van der Waals surface area contributed by atoms with Crippen molar-refractivity contribution in [3.8, 4) is 17.3 Å². The van der Waals surface area contributed by atoms with Crippen molar-refractivity contribution in [1.29, 1.82) is 0 Å². The number of aromatic nitrogens is 4. The van der Waals surface area contributed by atoms with E-state index < -0.39 is 23.4 Å². The van der Waals surface area contributed by atoms with Crippen LogP contribution in [0.4, 0.5) is 15.9 Å². The van der Waals surface area contributed by atoms with Crippen LogP contribution in [0.3, 0.4) is 0 Å². The van der Waals surface area contributed by atoms with Crippen LogP contribution in [0.5, 0.6) is 11.6 Å². The first-order valence-corrected chi connectivity index (χ1v) is 10.2. The number of nitrogen functional groups attached to an aromatic ring is 1. The Balaban J connectivity index is 1.58. The van der Waals surface area contributed by atoms with Gasteiger partial charge in [0.05, 0.1) is 18.3 Å². The van der Waals surface area contributed by atoms with Gasteiger partial charge in [-0.2, -0.15) is 0 Å². The number of hydrogen-bond donors (Lipinski definition) is 3. The van der Waals surface area contributed by atoms with Crippen molar-refractivity contribution >= 4 is 17.4 Å². The highest BCUT2D eigenvalue weighted by Gasteiger charge is 2.20. The van der Waals surface area contributed by atoms with Crippen molar-refractivity contribution in [1.82, 2.24) is 19.3 Å². The number of benzene rings is 2. The van der Waals surface area contributed by atoms with Crippen molar-refractivity contribution in [3.63, 3.8) is 0 Å². The molecule has 0 radical (unpaired) electrons. The van der Waals surface area contributed by atoms with Gasteiger partial charge in [-0.1, -0.05) is 18.2 Å². The fourth-order valence-electron chi connectivity index (χ4n) is 3.27. The van der Waals surface area contributed by atoms with Crippen LogP contribution in [0.15, 0.2) is 71.9 Å². The first kappa shape index (κ1) is 22.7. The van der Waals surface area contributed by atoms with E-state index in [-0.39, 0.29) is 35.2 Å². The highest BCUT2D eigenvalue weighted by molar-refractivity contribution is 6.04. The number of rotatable bonds is 7. The second-order valence-electron chi connectivity index (χ2n) is 7.45. The first-order chi connectivity index (χ1) is 16.3. The van der Waals surface area contributed by atoms with E-state index >= 15 is 0 Å². The van der Waals surface area contributed by atoms with E-state index in [4.69, 9.17) is 10.5 Å². The number of carbonyl (C=O) groups is 1. The zero-order chi connectivity index (χ0) is 24.2. The molecule has 0 saturated heterocycles. The molecule has 11 heteroatoms. The van der Waals surface area contributed by atoms with Gasteiger partial charge in [-0.3, -0.25) is 14.3 Å². The van der Waals surface area contributed by atoms with E-state index in [1.807, 2.05) is 0 Å². The molecule has 4 aromatic rings. The standard InChI is InChI=1S/C23H21FN6O4/c1-14(31)11-29-12-17(23(33)30(29)16-5-3-2-4-6-16)22(32)28-15-7-8-19(18(24)9-15)34-21-10-20(25)26-13-27-21/h2-10,12-14,31H,11H2,1H3,(H,28,32)(H2,25,26,27)/t14-/m1/s1. The van der Waals surface area contributed by atoms with E-state index in [9.17, 15) is 19.1 Å². The molecular weight excluding hydrogens is 443 g/mol. The minimum absolute atomic E-state index is 0.0594. The number of nitrogens with two attached hydrogens (primary N) is 1. The predicted molar refractivity (Wildman–Crippen MR) is 123 cm³/mol. The van der Waals surface area contributed by atoms with Crippen LogP contribution in [0, 0.1) is 5.82 Å². The van der Waals surface area contributed by atoms with Crippen LogP contribution >= 0.6 is 0 Å². The second-order valence-corrected chi connectivity index (χ2v) is 7.45. The maximum absolute atomic E-state index is 14.6. The molecule has 2 heterocycles. The Kier molecular flexibility index (Phi) is 6.37. The van der Waals surface area contributed by atoms with Crippen molar-refractivity contribution in [2.45, 2.75) is 19.6 Å². The van der Waals surface area contributed by atoms with Gasteiger partial charge < -0.3 is 20.9 Å². The van der Waals surface area contributed by atoms with Crippen LogP contribution in [-0.4, -0.2) is 36.4 Å². The number of ether oxygens (including phenoxy) is 1. The van der Waals surface area contributed by atoms with Gasteiger partial charge in [0.15, 0.2) is 11.6 Å². The molecule has 10 nitrogen and oxygen atoms in total. The largest absolute Gasteiger partial charge is 0.436 e. The van der Waals surface area contributed by atoms with Crippen LogP contribution in [0.2, 0.25) is 0 Å². The topological polar surface area (TPSA) is 137 Å². The number of aliphatic hydroxyl groups excluding tert-OH is 1. The molecule has 0 aliphatic carbocycles. The van der Waals surface area contributed by atoms with Gasteiger partial charge in [0.1, 0.15) is 17.7 Å². The molecule has 1 amide bonds. The molecule has 2 aromatic heterocycles.